The first-order valence-electron chi connectivity index (χ1n) is 9.29. The van der Waals surface area contributed by atoms with E-state index < -0.39 is 0 Å². The van der Waals surface area contributed by atoms with Crippen LogP contribution in [0, 0.1) is 16.7 Å². The lowest BCUT2D eigenvalue weighted by molar-refractivity contribution is 0.0444. The fraction of sp³-hybridized carbons (Fsp3) is 1.00. The Labute approximate surface area is 124 Å². The second-order valence-electron chi connectivity index (χ2n) is 8.22. The van der Waals surface area contributed by atoms with Crippen LogP contribution in [0.15, 0.2) is 0 Å². The van der Waals surface area contributed by atoms with Crippen LogP contribution < -0.4 is 10.6 Å². The lowest BCUT2D eigenvalue weighted by Gasteiger charge is -2.48. The molecule has 2 saturated carbocycles. The van der Waals surface area contributed by atoms with Crippen LogP contribution in [-0.2, 0) is 0 Å². The second kappa shape index (κ2) is 5.28. The molecule has 2 N–H and O–H groups in total. The summed E-state index contributed by atoms with van der Waals surface area (Å²) in [6.07, 6.45) is 16.5. The Bertz CT molecular complexity index is 305. The van der Waals surface area contributed by atoms with Crippen molar-refractivity contribution in [2.24, 2.45) is 16.7 Å². The first-order valence-corrected chi connectivity index (χ1v) is 9.29. The normalized spacial score (nSPS) is 39.6. The molecule has 2 aliphatic carbocycles. The minimum Gasteiger partial charge on any atom is -0.317 e. The molecular weight excluding hydrogens is 244 g/mol. The highest BCUT2D eigenvalue weighted by Gasteiger charge is 2.54. The summed E-state index contributed by atoms with van der Waals surface area (Å²) in [4.78, 5) is 0. The minimum absolute atomic E-state index is 0.657. The number of nitrogens with one attached hydrogen (secondary N) is 2. The molecule has 0 aromatic carbocycles. The molecule has 4 aliphatic rings. The van der Waals surface area contributed by atoms with Gasteiger partial charge in [0.25, 0.3) is 0 Å². The van der Waals surface area contributed by atoms with Crippen molar-refractivity contribution < 1.29 is 0 Å². The number of rotatable bonds is 1. The van der Waals surface area contributed by atoms with E-state index in [1.807, 2.05) is 0 Å². The van der Waals surface area contributed by atoms with Gasteiger partial charge in [-0.3, -0.25) is 0 Å². The Morgan fingerprint density at radius 2 is 1.35 bits per heavy atom. The quantitative estimate of drug-likeness (QED) is 0.766. The molecule has 2 heteroatoms. The van der Waals surface area contributed by atoms with Gasteiger partial charge in [-0.2, -0.15) is 0 Å². The molecule has 4 fully saturated rings. The summed E-state index contributed by atoms with van der Waals surface area (Å²) in [5, 5.41) is 7.59. The van der Waals surface area contributed by atoms with Crippen LogP contribution in [0.25, 0.3) is 0 Å². The fourth-order valence-electron chi connectivity index (χ4n) is 6.47. The van der Waals surface area contributed by atoms with E-state index in [9.17, 15) is 0 Å². The van der Waals surface area contributed by atoms with Crippen molar-refractivity contribution >= 4 is 0 Å². The van der Waals surface area contributed by atoms with E-state index in [-0.39, 0.29) is 0 Å². The molecule has 2 atom stereocenters. The maximum atomic E-state index is 4.00. The largest absolute Gasteiger partial charge is 0.317 e. The van der Waals surface area contributed by atoms with Crippen LogP contribution in [0.1, 0.15) is 70.6 Å². The third kappa shape index (κ3) is 2.06. The van der Waals surface area contributed by atoms with Crippen molar-refractivity contribution in [3.8, 4) is 0 Å². The van der Waals surface area contributed by atoms with Crippen molar-refractivity contribution in [3.63, 3.8) is 0 Å². The molecule has 2 unspecified atom stereocenters. The van der Waals surface area contributed by atoms with Gasteiger partial charge in [0.05, 0.1) is 0 Å². The van der Waals surface area contributed by atoms with Crippen LogP contribution in [0.2, 0.25) is 0 Å². The van der Waals surface area contributed by atoms with Crippen molar-refractivity contribution in [2.45, 2.75) is 76.7 Å². The third-order valence-electron chi connectivity index (χ3n) is 7.47. The molecule has 2 nitrogen and oxygen atoms in total. The molecule has 2 spiro atoms. The molecule has 4 rings (SSSR count). The molecule has 20 heavy (non-hydrogen) atoms. The minimum atomic E-state index is 0.657. The smallest absolute Gasteiger partial charge is 0.0158 e. The fourth-order valence-corrected chi connectivity index (χ4v) is 6.47. The number of hydrogen-bond donors (Lipinski definition) is 2. The van der Waals surface area contributed by atoms with Crippen LogP contribution in [-0.4, -0.2) is 25.7 Å². The van der Waals surface area contributed by atoms with Gasteiger partial charge >= 0.3 is 0 Å². The van der Waals surface area contributed by atoms with Gasteiger partial charge in [-0.25, -0.2) is 0 Å². The summed E-state index contributed by atoms with van der Waals surface area (Å²) in [6, 6.07) is 0.852. The molecule has 0 bridgehead atoms. The first kappa shape index (κ1) is 13.6. The molecule has 0 aromatic heterocycles. The van der Waals surface area contributed by atoms with E-state index in [2.05, 4.69) is 10.6 Å². The summed E-state index contributed by atoms with van der Waals surface area (Å²) in [6.45, 7) is 3.81. The molecule has 0 radical (unpaired) electrons. The Hall–Kier alpha value is -0.0800. The zero-order valence-corrected chi connectivity index (χ0v) is 13.1. The van der Waals surface area contributed by atoms with Gasteiger partial charge in [0.1, 0.15) is 0 Å². The lowest BCUT2D eigenvalue weighted by atomic mass is 9.59. The summed E-state index contributed by atoms with van der Waals surface area (Å²) >= 11 is 0. The molecule has 0 amide bonds. The monoisotopic (exact) mass is 276 g/mol. The zero-order valence-electron chi connectivity index (χ0n) is 13.1. The first-order chi connectivity index (χ1) is 9.85. The number of piperidine rings is 1. The van der Waals surface area contributed by atoms with Crippen LogP contribution in [0.3, 0.4) is 0 Å². The van der Waals surface area contributed by atoms with Crippen molar-refractivity contribution in [1.82, 2.24) is 10.6 Å². The van der Waals surface area contributed by atoms with E-state index in [4.69, 9.17) is 0 Å². The van der Waals surface area contributed by atoms with Crippen molar-refractivity contribution in [1.29, 1.82) is 0 Å². The average molecular weight is 276 g/mol. The standard InChI is InChI=1S/C18H32N2/c1-2-6-17(7-3-1)8-4-5-15(17)16-18(11-14-20-16)9-12-19-13-10-18/h15-16,19-20H,1-14H2. The van der Waals surface area contributed by atoms with E-state index >= 15 is 0 Å². The zero-order chi connectivity index (χ0) is 13.5. The van der Waals surface area contributed by atoms with Gasteiger partial charge in [0, 0.05) is 6.04 Å². The van der Waals surface area contributed by atoms with Gasteiger partial charge in [-0.05, 0) is 81.3 Å². The van der Waals surface area contributed by atoms with Crippen LogP contribution in [0.5, 0.6) is 0 Å². The van der Waals surface area contributed by atoms with Crippen molar-refractivity contribution in [2.75, 3.05) is 19.6 Å². The van der Waals surface area contributed by atoms with Gasteiger partial charge < -0.3 is 10.6 Å². The summed E-state index contributed by atoms with van der Waals surface area (Å²) < 4.78 is 0. The van der Waals surface area contributed by atoms with Crippen molar-refractivity contribution in [3.05, 3.63) is 0 Å². The van der Waals surface area contributed by atoms with E-state index in [1.165, 1.54) is 71.0 Å². The highest BCUT2D eigenvalue weighted by molar-refractivity contribution is 5.08. The summed E-state index contributed by atoms with van der Waals surface area (Å²) in [5.74, 6) is 1.00. The maximum Gasteiger partial charge on any atom is 0.0158 e. The predicted octanol–water partition coefficient (Wildman–Crippen LogP) is 3.47. The highest BCUT2D eigenvalue weighted by Crippen LogP contribution is 2.58. The lowest BCUT2D eigenvalue weighted by Crippen LogP contribution is -2.51. The second-order valence-corrected chi connectivity index (χ2v) is 8.22. The van der Waals surface area contributed by atoms with Gasteiger partial charge in [0.15, 0.2) is 0 Å². The highest BCUT2D eigenvalue weighted by atomic mass is 15.0. The molecule has 2 aliphatic heterocycles. The third-order valence-corrected chi connectivity index (χ3v) is 7.47. The SMILES string of the molecule is C1CCC2(CC1)CCCC2C1NCCC12CCNCC2. The van der Waals surface area contributed by atoms with E-state index in [0.29, 0.717) is 5.41 Å². The Morgan fingerprint density at radius 1 is 0.650 bits per heavy atom. The maximum absolute atomic E-state index is 4.00. The Kier molecular flexibility index (Phi) is 3.58. The van der Waals surface area contributed by atoms with Crippen LogP contribution in [0.4, 0.5) is 0 Å². The predicted molar refractivity (Wildman–Crippen MR) is 83.8 cm³/mol. The Balaban J connectivity index is 1.58. The number of hydrogen-bond acceptors (Lipinski definition) is 2. The molecular formula is C18H32N2. The van der Waals surface area contributed by atoms with E-state index in [1.54, 1.807) is 19.3 Å². The van der Waals surface area contributed by atoms with Gasteiger partial charge in [0.2, 0.25) is 0 Å². The molecule has 114 valence electrons. The van der Waals surface area contributed by atoms with Gasteiger partial charge in [-0.1, -0.05) is 25.7 Å². The Morgan fingerprint density at radius 3 is 2.15 bits per heavy atom. The van der Waals surface area contributed by atoms with Crippen LogP contribution >= 0.6 is 0 Å². The topological polar surface area (TPSA) is 24.1 Å². The molecule has 0 aromatic rings. The molecule has 2 saturated heterocycles. The van der Waals surface area contributed by atoms with Gasteiger partial charge in [-0.15, -0.1) is 0 Å². The summed E-state index contributed by atoms with van der Waals surface area (Å²) in [5.41, 5.74) is 1.41. The average Bonchev–Trinajstić information content (AvgIpc) is 3.05. The molecule has 2 heterocycles. The van der Waals surface area contributed by atoms with E-state index in [0.717, 1.165) is 17.4 Å². The summed E-state index contributed by atoms with van der Waals surface area (Å²) in [7, 11) is 0.